The van der Waals surface area contributed by atoms with Gasteiger partial charge in [0.2, 0.25) is 5.88 Å². The number of hydrogen-bond acceptors (Lipinski definition) is 8. The molecule has 1 unspecified atom stereocenters. The Hall–Kier alpha value is -2.08. The van der Waals surface area contributed by atoms with Gasteiger partial charge in [0.25, 0.3) is 5.92 Å². The normalized spacial score (nSPS) is 22.3. The topological polar surface area (TPSA) is 117 Å². The number of epoxide rings is 1. The van der Waals surface area contributed by atoms with Crippen molar-refractivity contribution in [2.24, 2.45) is 0 Å². The van der Waals surface area contributed by atoms with E-state index in [9.17, 15) is 14.7 Å². The molecule has 0 N–H and O–H groups in total. The van der Waals surface area contributed by atoms with E-state index in [1.807, 2.05) is 0 Å². The number of carbonyl (C=O) groups excluding carboxylic acids is 2. The zero-order valence-corrected chi connectivity index (χ0v) is 21.4. The van der Waals surface area contributed by atoms with Crippen molar-refractivity contribution in [3.05, 3.63) is 30.0 Å². The number of para-hydroxylation sites is 2. The number of benzene rings is 1. The van der Waals surface area contributed by atoms with E-state index in [2.05, 4.69) is 9.97 Å². The third kappa shape index (κ3) is 6.12. The van der Waals surface area contributed by atoms with Gasteiger partial charge in [-0.15, -0.1) is 0 Å². The maximum absolute atomic E-state index is 15.1. The molecule has 2 aromatic rings. The number of fused-ring (bicyclic) bond motifs is 1. The summed E-state index contributed by atoms with van der Waals surface area (Å²) in [6, 6.07) is 5.17. The Morgan fingerprint density at radius 2 is 1.82 bits per heavy atom. The van der Waals surface area contributed by atoms with Crippen molar-refractivity contribution in [3.8, 4) is 5.88 Å². The molecule has 1 aromatic carbocycles. The number of halogens is 2. The second-order valence-corrected chi connectivity index (χ2v) is 9.17. The van der Waals surface area contributed by atoms with Crippen LogP contribution in [0.15, 0.2) is 24.3 Å². The third-order valence-corrected chi connectivity index (χ3v) is 5.21. The SMILES string of the molecule is CC(C)(C)OC(=O)N1C[C@H](Oc2nc3ccccc3nc2C(F)(F)CC2CO2)C[C@H]1C(=O)[O-].[Na+]. The van der Waals surface area contributed by atoms with Crippen molar-refractivity contribution < 1.29 is 67.2 Å². The number of ether oxygens (including phenoxy) is 3. The van der Waals surface area contributed by atoms with Gasteiger partial charge in [-0.2, -0.15) is 8.78 Å². The summed E-state index contributed by atoms with van der Waals surface area (Å²) in [5.41, 5.74) is -0.896. The molecule has 2 saturated heterocycles. The fraction of sp³-hybridized carbons (Fsp3) is 0.545. The van der Waals surface area contributed by atoms with Crippen LogP contribution in [0.2, 0.25) is 0 Å². The number of carboxylic acids is 1. The van der Waals surface area contributed by atoms with Crippen molar-refractivity contribution in [1.82, 2.24) is 14.9 Å². The summed E-state index contributed by atoms with van der Waals surface area (Å²) < 4.78 is 46.1. The summed E-state index contributed by atoms with van der Waals surface area (Å²) in [6.07, 6.45) is -3.11. The molecule has 3 atom stereocenters. The Labute approximate surface area is 217 Å². The maximum atomic E-state index is 15.1. The number of alkyl halides is 2. The molecule has 2 aliphatic rings. The summed E-state index contributed by atoms with van der Waals surface area (Å²) in [4.78, 5) is 33.4. The molecule has 0 radical (unpaired) electrons. The fourth-order valence-corrected chi connectivity index (χ4v) is 3.66. The summed E-state index contributed by atoms with van der Waals surface area (Å²) in [6.45, 7) is 4.98. The molecule has 0 bridgehead atoms. The smallest absolute Gasteiger partial charge is 0.548 e. The van der Waals surface area contributed by atoms with Gasteiger partial charge in [0, 0.05) is 12.8 Å². The van der Waals surface area contributed by atoms with Gasteiger partial charge in [0.05, 0.1) is 42.3 Å². The number of likely N-dealkylation sites (tertiary alicyclic amines) is 1. The van der Waals surface area contributed by atoms with E-state index < -0.39 is 59.8 Å². The van der Waals surface area contributed by atoms with Gasteiger partial charge in [0.15, 0.2) is 5.69 Å². The molecular formula is C22H24F2N3NaO6. The van der Waals surface area contributed by atoms with Crippen LogP contribution in [0.25, 0.3) is 11.0 Å². The zero-order chi connectivity index (χ0) is 24.0. The Morgan fingerprint density at radius 3 is 2.38 bits per heavy atom. The van der Waals surface area contributed by atoms with E-state index in [-0.39, 0.29) is 54.6 Å². The summed E-state index contributed by atoms with van der Waals surface area (Å²) in [5, 5.41) is 11.6. The molecule has 1 amide bonds. The molecule has 0 aliphatic carbocycles. The predicted molar refractivity (Wildman–Crippen MR) is 109 cm³/mol. The Balaban J connectivity index is 0.00000324. The van der Waals surface area contributed by atoms with E-state index in [0.717, 1.165) is 4.90 Å². The fourth-order valence-electron chi connectivity index (χ4n) is 3.66. The largest absolute Gasteiger partial charge is 1.00 e. The zero-order valence-electron chi connectivity index (χ0n) is 19.4. The molecule has 34 heavy (non-hydrogen) atoms. The number of carboxylic acid groups (broad SMARTS) is 1. The minimum absolute atomic E-state index is 0. The molecular weight excluding hydrogens is 463 g/mol. The first-order chi connectivity index (χ1) is 15.4. The average Bonchev–Trinajstić information content (AvgIpc) is 3.40. The van der Waals surface area contributed by atoms with Gasteiger partial charge in [-0.25, -0.2) is 14.8 Å². The van der Waals surface area contributed by atoms with Gasteiger partial charge in [-0.05, 0) is 32.9 Å². The van der Waals surface area contributed by atoms with E-state index in [4.69, 9.17) is 14.2 Å². The van der Waals surface area contributed by atoms with Gasteiger partial charge in [-0.3, -0.25) is 4.90 Å². The number of carbonyl (C=O) groups is 2. The average molecular weight is 487 g/mol. The minimum Gasteiger partial charge on any atom is -0.548 e. The van der Waals surface area contributed by atoms with Crippen molar-refractivity contribution in [3.63, 3.8) is 0 Å². The van der Waals surface area contributed by atoms with Crippen molar-refractivity contribution in [2.45, 2.75) is 63.4 Å². The molecule has 0 spiro atoms. The van der Waals surface area contributed by atoms with E-state index >= 15 is 8.78 Å². The van der Waals surface area contributed by atoms with Crippen LogP contribution in [-0.2, 0) is 20.2 Å². The minimum atomic E-state index is -3.38. The number of nitrogens with zero attached hydrogens (tertiary/aromatic N) is 3. The molecule has 9 nitrogen and oxygen atoms in total. The van der Waals surface area contributed by atoms with Crippen LogP contribution >= 0.6 is 0 Å². The molecule has 2 aliphatic heterocycles. The molecule has 178 valence electrons. The first-order valence-corrected chi connectivity index (χ1v) is 10.6. The molecule has 0 saturated carbocycles. The number of hydrogen-bond donors (Lipinski definition) is 0. The van der Waals surface area contributed by atoms with Crippen LogP contribution in [0.4, 0.5) is 13.6 Å². The predicted octanol–water partition coefficient (Wildman–Crippen LogP) is -0.979. The second-order valence-electron chi connectivity index (χ2n) is 9.17. The Kier molecular flexibility index (Phi) is 7.71. The number of aliphatic carboxylic acids is 1. The molecule has 1 aromatic heterocycles. The van der Waals surface area contributed by atoms with Gasteiger partial charge in [-0.1, -0.05) is 12.1 Å². The van der Waals surface area contributed by atoms with Crippen LogP contribution in [0.1, 0.15) is 39.3 Å². The quantitative estimate of drug-likeness (QED) is 0.377. The van der Waals surface area contributed by atoms with Crippen molar-refractivity contribution in [1.29, 1.82) is 0 Å². The van der Waals surface area contributed by atoms with Crippen LogP contribution in [-0.4, -0.2) is 63.9 Å². The summed E-state index contributed by atoms with van der Waals surface area (Å²) in [7, 11) is 0. The van der Waals surface area contributed by atoms with Gasteiger partial charge < -0.3 is 24.1 Å². The van der Waals surface area contributed by atoms with Crippen molar-refractivity contribution in [2.75, 3.05) is 13.2 Å². The standard InChI is InChI=1S/C22H25F2N3O6.Na/c1-21(2,3)33-20(30)27-10-12(8-16(27)19(28)29)32-18-17(22(23,24)9-13-11-31-13)25-14-6-4-5-7-15(14)26-18;/h4-7,12-13,16H,8-11H2,1-3H3,(H,28,29);/q;+1/p-1/t12-,13?,16+;/m1./s1. The third-order valence-electron chi connectivity index (χ3n) is 5.21. The van der Waals surface area contributed by atoms with Gasteiger partial charge in [0.1, 0.15) is 11.7 Å². The summed E-state index contributed by atoms with van der Waals surface area (Å²) in [5.74, 6) is -5.29. The van der Waals surface area contributed by atoms with E-state index in [1.54, 1.807) is 45.0 Å². The van der Waals surface area contributed by atoms with Crippen LogP contribution in [0.5, 0.6) is 5.88 Å². The van der Waals surface area contributed by atoms with E-state index in [1.165, 1.54) is 0 Å². The van der Waals surface area contributed by atoms with Crippen LogP contribution in [0.3, 0.4) is 0 Å². The number of aromatic nitrogens is 2. The number of amides is 1. The van der Waals surface area contributed by atoms with Gasteiger partial charge >= 0.3 is 35.7 Å². The second kappa shape index (κ2) is 9.88. The molecule has 3 heterocycles. The van der Waals surface area contributed by atoms with Crippen LogP contribution < -0.4 is 39.4 Å². The first-order valence-electron chi connectivity index (χ1n) is 10.6. The Morgan fingerprint density at radius 1 is 1.21 bits per heavy atom. The van der Waals surface area contributed by atoms with E-state index in [0.29, 0.717) is 5.52 Å². The maximum Gasteiger partial charge on any atom is 1.00 e. The number of rotatable bonds is 6. The van der Waals surface area contributed by atoms with Crippen molar-refractivity contribution >= 4 is 23.1 Å². The summed E-state index contributed by atoms with van der Waals surface area (Å²) >= 11 is 0. The first kappa shape index (κ1) is 26.5. The molecule has 4 rings (SSSR count). The Bertz CT molecular complexity index is 1080. The molecule has 2 fully saturated rings. The monoisotopic (exact) mass is 487 g/mol. The van der Waals surface area contributed by atoms with Crippen LogP contribution in [0, 0.1) is 0 Å². The molecule has 12 heteroatoms.